The number of nitrogens with zero attached hydrogens (tertiary/aromatic N) is 1. The van der Waals surface area contributed by atoms with Crippen molar-refractivity contribution in [2.45, 2.75) is 13.1 Å². The maximum Gasteiger partial charge on any atom is 0.416 e. The highest BCUT2D eigenvalue weighted by Crippen LogP contribution is 2.29. The quantitative estimate of drug-likeness (QED) is 0.483. The molecule has 1 amide bonds. The summed E-state index contributed by atoms with van der Waals surface area (Å²) in [6.45, 7) is 0.882. The van der Waals surface area contributed by atoms with Crippen molar-refractivity contribution in [3.8, 4) is 0 Å². The second kappa shape index (κ2) is 7.85. The lowest BCUT2D eigenvalue weighted by molar-refractivity contribution is -0.384. The van der Waals surface area contributed by atoms with Crippen LogP contribution in [0.3, 0.4) is 0 Å². The zero-order chi connectivity index (χ0) is 20.2. The van der Waals surface area contributed by atoms with Crippen molar-refractivity contribution >= 4 is 23.3 Å². The van der Waals surface area contributed by atoms with Gasteiger partial charge in [-0.05, 0) is 42.8 Å². The molecule has 1 N–H and O–H groups in total. The first-order valence-corrected chi connectivity index (χ1v) is 7.47. The Kier molecular flexibility index (Phi) is 5.78. The molecule has 0 saturated heterocycles. The molecule has 0 saturated carbocycles. The highest BCUT2D eigenvalue weighted by molar-refractivity contribution is 5.96. The van der Waals surface area contributed by atoms with E-state index < -0.39 is 35.1 Å². The predicted molar refractivity (Wildman–Crippen MR) is 88.2 cm³/mol. The number of aryl methyl sites for hydroxylation is 1. The number of halogens is 3. The lowest BCUT2D eigenvalue weighted by Crippen LogP contribution is -2.21. The highest BCUT2D eigenvalue weighted by atomic mass is 19.4. The van der Waals surface area contributed by atoms with Gasteiger partial charge in [-0.1, -0.05) is 0 Å². The SMILES string of the molecule is Cc1cc([N+](=O)[O-])ccc1NC(=O)COC(=O)c1ccc(C(F)(F)F)cc1. The number of esters is 1. The van der Waals surface area contributed by atoms with Gasteiger partial charge in [-0.2, -0.15) is 13.2 Å². The van der Waals surface area contributed by atoms with E-state index in [-0.39, 0.29) is 11.3 Å². The van der Waals surface area contributed by atoms with Crippen LogP contribution in [0.15, 0.2) is 42.5 Å². The smallest absolute Gasteiger partial charge is 0.416 e. The molecule has 0 bridgehead atoms. The Morgan fingerprint density at radius 3 is 2.30 bits per heavy atom. The average Bonchev–Trinajstić information content (AvgIpc) is 2.60. The molecule has 27 heavy (non-hydrogen) atoms. The third-order valence-electron chi connectivity index (χ3n) is 3.48. The summed E-state index contributed by atoms with van der Waals surface area (Å²) in [5.41, 5.74) is -0.449. The fourth-order valence-corrected chi connectivity index (χ4v) is 2.10. The van der Waals surface area contributed by atoms with Crippen molar-refractivity contribution < 1.29 is 32.4 Å². The van der Waals surface area contributed by atoms with Crippen molar-refractivity contribution in [1.29, 1.82) is 0 Å². The standard InChI is InChI=1S/C17H13F3N2O5/c1-10-8-13(22(25)26)6-7-14(10)21-15(23)9-27-16(24)11-2-4-12(5-3-11)17(18,19)20/h2-8H,9H2,1H3,(H,21,23). The van der Waals surface area contributed by atoms with E-state index in [2.05, 4.69) is 5.32 Å². The number of rotatable bonds is 5. The van der Waals surface area contributed by atoms with Gasteiger partial charge in [-0.25, -0.2) is 4.79 Å². The van der Waals surface area contributed by atoms with Crippen LogP contribution < -0.4 is 5.32 Å². The van der Waals surface area contributed by atoms with Gasteiger partial charge < -0.3 is 10.1 Å². The number of carbonyl (C=O) groups is 2. The van der Waals surface area contributed by atoms with E-state index in [0.29, 0.717) is 11.3 Å². The van der Waals surface area contributed by atoms with Crippen molar-refractivity contribution in [2.75, 3.05) is 11.9 Å². The Hall–Kier alpha value is -3.43. The molecule has 0 unspecified atom stereocenters. The van der Waals surface area contributed by atoms with Gasteiger partial charge in [0, 0.05) is 17.8 Å². The molecule has 2 aromatic rings. The molecule has 142 valence electrons. The Bertz CT molecular complexity index is 879. The van der Waals surface area contributed by atoms with E-state index >= 15 is 0 Å². The molecular weight excluding hydrogens is 369 g/mol. The van der Waals surface area contributed by atoms with Gasteiger partial charge in [0.25, 0.3) is 11.6 Å². The highest BCUT2D eigenvalue weighted by Gasteiger charge is 2.30. The average molecular weight is 382 g/mol. The van der Waals surface area contributed by atoms with E-state index in [4.69, 9.17) is 4.74 Å². The Balaban J connectivity index is 1.93. The number of hydrogen-bond acceptors (Lipinski definition) is 5. The van der Waals surface area contributed by atoms with Crippen molar-refractivity contribution in [1.82, 2.24) is 0 Å². The van der Waals surface area contributed by atoms with Gasteiger partial charge in [0.2, 0.25) is 0 Å². The number of anilines is 1. The van der Waals surface area contributed by atoms with E-state index in [9.17, 15) is 32.9 Å². The molecule has 0 spiro atoms. The van der Waals surface area contributed by atoms with Crippen LogP contribution in [-0.4, -0.2) is 23.4 Å². The summed E-state index contributed by atoms with van der Waals surface area (Å²) < 4.78 is 42.2. The third-order valence-corrected chi connectivity index (χ3v) is 3.48. The number of non-ortho nitro benzene ring substituents is 1. The number of nitrogens with one attached hydrogen (secondary N) is 1. The van der Waals surface area contributed by atoms with Gasteiger partial charge in [-0.3, -0.25) is 14.9 Å². The maximum atomic E-state index is 12.5. The van der Waals surface area contributed by atoms with Crippen LogP contribution in [-0.2, 0) is 15.7 Å². The molecule has 7 nitrogen and oxygen atoms in total. The van der Waals surface area contributed by atoms with Crippen LogP contribution in [0.1, 0.15) is 21.5 Å². The zero-order valence-electron chi connectivity index (χ0n) is 13.9. The van der Waals surface area contributed by atoms with Gasteiger partial charge in [0.15, 0.2) is 6.61 Å². The number of nitro benzene ring substituents is 1. The van der Waals surface area contributed by atoms with E-state index in [1.165, 1.54) is 18.2 Å². The predicted octanol–water partition coefficient (Wildman–Crippen LogP) is 3.72. The fourth-order valence-electron chi connectivity index (χ4n) is 2.10. The van der Waals surface area contributed by atoms with E-state index in [0.717, 1.165) is 24.3 Å². The molecule has 2 rings (SSSR count). The van der Waals surface area contributed by atoms with Gasteiger partial charge in [-0.15, -0.1) is 0 Å². The summed E-state index contributed by atoms with van der Waals surface area (Å²) in [5.74, 6) is -1.66. The summed E-state index contributed by atoms with van der Waals surface area (Å²) in [6, 6.07) is 7.17. The number of benzene rings is 2. The molecule has 0 aliphatic carbocycles. The third kappa shape index (κ3) is 5.27. The van der Waals surface area contributed by atoms with Gasteiger partial charge in [0.1, 0.15) is 0 Å². The normalized spacial score (nSPS) is 11.0. The minimum Gasteiger partial charge on any atom is -0.452 e. The Morgan fingerprint density at radius 1 is 1.15 bits per heavy atom. The number of alkyl halides is 3. The van der Waals surface area contributed by atoms with Crippen LogP contribution >= 0.6 is 0 Å². The summed E-state index contributed by atoms with van der Waals surface area (Å²) in [7, 11) is 0. The minimum absolute atomic E-state index is 0.137. The van der Waals surface area contributed by atoms with Crippen LogP contribution in [0.2, 0.25) is 0 Å². The molecular formula is C17H13F3N2O5. The summed E-state index contributed by atoms with van der Waals surface area (Å²) in [6.07, 6.45) is -4.52. The molecule has 0 aliphatic rings. The van der Waals surface area contributed by atoms with E-state index in [1.807, 2.05) is 0 Å². The van der Waals surface area contributed by atoms with Crippen molar-refractivity contribution in [3.63, 3.8) is 0 Å². The maximum absolute atomic E-state index is 12.5. The topological polar surface area (TPSA) is 98.5 Å². The number of amides is 1. The Labute approximate surface area is 150 Å². The number of carbonyl (C=O) groups excluding carboxylic acids is 2. The van der Waals surface area contributed by atoms with Crippen LogP contribution in [0.4, 0.5) is 24.5 Å². The fraction of sp³-hybridized carbons (Fsp3) is 0.176. The number of nitro groups is 1. The molecule has 0 aromatic heterocycles. The lowest BCUT2D eigenvalue weighted by Gasteiger charge is -2.10. The molecule has 0 heterocycles. The Morgan fingerprint density at radius 2 is 1.78 bits per heavy atom. The number of ether oxygens (including phenoxy) is 1. The van der Waals surface area contributed by atoms with E-state index in [1.54, 1.807) is 6.92 Å². The van der Waals surface area contributed by atoms with Crippen LogP contribution in [0.25, 0.3) is 0 Å². The first kappa shape index (κ1) is 19.9. The summed E-state index contributed by atoms with van der Waals surface area (Å²) in [5, 5.41) is 13.1. The molecule has 0 atom stereocenters. The van der Waals surface area contributed by atoms with Crippen LogP contribution in [0.5, 0.6) is 0 Å². The van der Waals surface area contributed by atoms with Gasteiger partial charge >= 0.3 is 12.1 Å². The second-order valence-corrected chi connectivity index (χ2v) is 5.46. The molecule has 0 fully saturated rings. The van der Waals surface area contributed by atoms with Gasteiger partial charge in [0.05, 0.1) is 16.1 Å². The van der Waals surface area contributed by atoms with Crippen molar-refractivity contribution in [3.05, 3.63) is 69.3 Å². The van der Waals surface area contributed by atoms with Crippen molar-refractivity contribution in [2.24, 2.45) is 0 Å². The number of hydrogen-bond donors (Lipinski definition) is 1. The molecule has 0 aliphatic heterocycles. The monoisotopic (exact) mass is 382 g/mol. The minimum atomic E-state index is -4.52. The zero-order valence-corrected chi connectivity index (χ0v) is 13.9. The molecule has 2 aromatic carbocycles. The largest absolute Gasteiger partial charge is 0.452 e. The molecule has 10 heteroatoms. The van der Waals surface area contributed by atoms with Crippen LogP contribution in [0, 0.1) is 17.0 Å². The summed E-state index contributed by atoms with van der Waals surface area (Å²) in [4.78, 5) is 33.7. The molecule has 0 radical (unpaired) electrons. The summed E-state index contributed by atoms with van der Waals surface area (Å²) >= 11 is 0. The first-order chi connectivity index (χ1) is 12.6. The second-order valence-electron chi connectivity index (χ2n) is 5.46. The lowest BCUT2D eigenvalue weighted by atomic mass is 10.1. The first-order valence-electron chi connectivity index (χ1n) is 7.47.